The smallest absolute Gasteiger partial charge is 0.306 e. The minimum Gasteiger partial charge on any atom is -0.481 e. The molecule has 5 aromatic rings. The van der Waals surface area contributed by atoms with Crippen molar-refractivity contribution < 1.29 is 19.1 Å². The third-order valence-corrected chi connectivity index (χ3v) is 8.31. The Morgan fingerprint density at radius 1 is 0.976 bits per heavy atom. The molecule has 0 saturated heterocycles. The zero-order chi connectivity index (χ0) is 28.5. The molecule has 8 heteroatoms. The van der Waals surface area contributed by atoms with Gasteiger partial charge in [0.05, 0.1) is 41.0 Å². The zero-order valence-corrected chi connectivity index (χ0v) is 22.8. The average Bonchev–Trinajstić information content (AvgIpc) is 3.39. The lowest BCUT2D eigenvalue weighted by Crippen LogP contribution is -2.40. The fourth-order valence-corrected chi connectivity index (χ4v) is 5.95. The van der Waals surface area contributed by atoms with Crippen molar-refractivity contribution in [2.45, 2.75) is 45.2 Å². The number of fused-ring (bicyclic) bond motifs is 2. The Hall–Kier alpha value is -4.59. The van der Waals surface area contributed by atoms with E-state index in [4.69, 9.17) is 4.98 Å². The fraction of sp³-hybridized carbons (Fsp3) is 0.273. The van der Waals surface area contributed by atoms with Gasteiger partial charge in [0.2, 0.25) is 0 Å². The van der Waals surface area contributed by atoms with Crippen molar-refractivity contribution in [2.24, 2.45) is 11.8 Å². The summed E-state index contributed by atoms with van der Waals surface area (Å²) in [5.74, 6) is -1.39. The fourth-order valence-electron chi connectivity index (χ4n) is 5.95. The summed E-state index contributed by atoms with van der Waals surface area (Å²) in [6, 6.07) is 21.8. The second-order valence-electron chi connectivity index (χ2n) is 11.0. The maximum Gasteiger partial charge on any atom is 0.306 e. The van der Waals surface area contributed by atoms with Crippen LogP contribution in [0.5, 0.6) is 0 Å². The van der Waals surface area contributed by atoms with Crippen LogP contribution < -0.4 is 5.32 Å². The number of hydrogen-bond donors (Lipinski definition) is 2. The molecule has 3 aromatic carbocycles. The molecule has 41 heavy (non-hydrogen) atoms. The van der Waals surface area contributed by atoms with Crippen LogP contribution in [0.3, 0.4) is 0 Å². The summed E-state index contributed by atoms with van der Waals surface area (Å²) in [5.41, 5.74) is 4.49. The first kappa shape index (κ1) is 26.6. The summed E-state index contributed by atoms with van der Waals surface area (Å²) >= 11 is 0. The molecule has 1 saturated carbocycles. The minimum absolute atomic E-state index is 0.125. The third kappa shape index (κ3) is 5.55. The number of nitrogens with zero attached hydrogens (tertiary/aromatic N) is 3. The molecule has 6 rings (SSSR count). The molecule has 1 amide bonds. The summed E-state index contributed by atoms with van der Waals surface area (Å²) in [6.45, 7) is 2.38. The molecule has 2 N–H and O–H groups in total. The standard InChI is InChI=1S/C33H31FN4O3/c1-20(21-6-8-24(9-7-21)33(40)41)36-32(39)29-17-25(22-10-13-27(34)14-11-22)16-26-18-35-38(31(26)29)19-28-15-12-23-4-2-3-5-30(23)37-28/h2-5,10-18,20-21,24H,6-9,19H2,1H3,(H,36,39)(H,40,41)/t20-,21?,24?/m0/s1. The Bertz CT molecular complexity index is 1740. The number of benzene rings is 3. The Morgan fingerprint density at radius 2 is 1.73 bits per heavy atom. The van der Waals surface area contributed by atoms with Crippen LogP contribution in [0.15, 0.2) is 79.0 Å². The van der Waals surface area contributed by atoms with Crippen molar-refractivity contribution in [3.05, 3.63) is 96.1 Å². The maximum atomic E-state index is 13.9. The predicted octanol–water partition coefficient (Wildman–Crippen LogP) is 6.45. The van der Waals surface area contributed by atoms with Crippen molar-refractivity contribution >= 4 is 33.7 Å². The van der Waals surface area contributed by atoms with Gasteiger partial charge in [-0.15, -0.1) is 0 Å². The van der Waals surface area contributed by atoms with Crippen LogP contribution >= 0.6 is 0 Å². The highest BCUT2D eigenvalue weighted by atomic mass is 19.1. The molecule has 208 valence electrons. The maximum absolute atomic E-state index is 13.9. The van der Waals surface area contributed by atoms with E-state index in [0.717, 1.165) is 46.0 Å². The molecular weight excluding hydrogens is 519 g/mol. The molecule has 0 bridgehead atoms. The highest BCUT2D eigenvalue weighted by molar-refractivity contribution is 6.07. The Morgan fingerprint density at radius 3 is 2.49 bits per heavy atom. The molecule has 7 nitrogen and oxygen atoms in total. The molecule has 1 atom stereocenters. The summed E-state index contributed by atoms with van der Waals surface area (Å²) in [4.78, 5) is 30.1. The van der Waals surface area contributed by atoms with E-state index >= 15 is 0 Å². The normalized spacial score (nSPS) is 17.9. The first-order chi connectivity index (χ1) is 19.9. The van der Waals surface area contributed by atoms with E-state index in [9.17, 15) is 19.1 Å². The number of nitrogens with one attached hydrogen (secondary N) is 1. The summed E-state index contributed by atoms with van der Waals surface area (Å²) in [5, 5.41) is 19.0. The topological polar surface area (TPSA) is 97.1 Å². The monoisotopic (exact) mass is 550 g/mol. The van der Waals surface area contributed by atoms with Crippen LogP contribution in [0.1, 0.15) is 48.7 Å². The SMILES string of the molecule is C[C@H](NC(=O)c1cc(-c2ccc(F)cc2)cc2cnn(Cc3ccc4ccccc4n3)c12)C1CCC(C(=O)O)CC1. The van der Waals surface area contributed by atoms with Gasteiger partial charge in [0.25, 0.3) is 5.91 Å². The van der Waals surface area contributed by atoms with Crippen molar-refractivity contribution in [1.82, 2.24) is 20.1 Å². The number of hydrogen-bond acceptors (Lipinski definition) is 4. The van der Waals surface area contributed by atoms with Gasteiger partial charge in [-0.05, 0) is 86.1 Å². The average molecular weight is 551 g/mol. The molecule has 0 spiro atoms. The number of carbonyl (C=O) groups excluding carboxylic acids is 1. The van der Waals surface area contributed by atoms with E-state index in [0.29, 0.717) is 30.5 Å². The van der Waals surface area contributed by atoms with Gasteiger partial charge >= 0.3 is 5.97 Å². The molecule has 1 fully saturated rings. The van der Waals surface area contributed by atoms with E-state index in [2.05, 4.69) is 10.4 Å². The van der Waals surface area contributed by atoms with E-state index in [-0.39, 0.29) is 29.6 Å². The van der Waals surface area contributed by atoms with E-state index in [1.54, 1.807) is 23.0 Å². The molecule has 0 unspecified atom stereocenters. The van der Waals surface area contributed by atoms with Gasteiger partial charge in [0.1, 0.15) is 5.82 Å². The highest BCUT2D eigenvalue weighted by Gasteiger charge is 2.30. The lowest BCUT2D eigenvalue weighted by molar-refractivity contribution is -0.143. The van der Waals surface area contributed by atoms with Crippen LogP contribution in [-0.4, -0.2) is 37.8 Å². The van der Waals surface area contributed by atoms with Crippen LogP contribution in [0.25, 0.3) is 32.9 Å². The number of pyridine rings is 1. The van der Waals surface area contributed by atoms with Gasteiger partial charge in [0, 0.05) is 16.8 Å². The number of halogens is 1. The number of carboxylic acids is 1. The van der Waals surface area contributed by atoms with Crippen molar-refractivity contribution in [3.8, 4) is 11.1 Å². The third-order valence-electron chi connectivity index (χ3n) is 8.31. The van der Waals surface area contributed by atoms with Crippen LogP contribution in [0.2, 0.25) is 0 Å². The summed E-state index contributed by atoms with van der Waals surface area (Å²) < 4.78 is 15.4. The minimum atomic E-state index is -0.741. The number of carbonyl (C=O) groups is 2. The van der Waals surface area contributed by atoms with Crippen LogP contribution in [0, 0.1) is 17.7 Å². The number of aliphatic carboxylic acids is 1. The lowest BCUT2D eigenvalue weighted by Gasteiger charge is -2.31. The van der Waals surface area contributed by atoms with E-state index < -0.39 is 5.97 Å². The van der Waals surface area contributed by atoms with Gasteiger partial charge in [-0.3, -0.25) is 19.3 Å². The second kappa shape index (κ2) is 11.1. The van der Waals surface area contributed by atoms with Gasteiger partial charge in [0.15, 0.2) is 0 Å². The first-order valence-electron chi connectivity index (χ1n) is 14.0. The zero-order valence-electron chi connectivity index (χ0n) is 22.8. The van der Waals surface area contributed by atoms with Gasteiger partial charge in [-0.2, -0.15) is 5.10 Å². The van der Waals surface area contributed by atoms with Crippen molar-refractivity contribution in [2.75, 3.05) is 0 Å². The summed E-state index contributed by atoms with van der Waals surface area (Å²) in [7, 11) is 0. The Kier molecular flexibility index (Phi) is 7.22. The number of aromatic nitrogens is 3. The predicted molar refractivity (Wildman–Crippen MR) is 156 cm³/mol. The van der Waals surface area contributed by atoms with Gasteiger partial charge < -0.3 is 10.4 Å². The largest absolute Gasteiger partial charge is 0.481 e. The van der Waals surface area contributed by atoms with E-state index in [1.165, 1.54) is 12.1 Å². The lowest BCUT2D eigenvalue weighted by atomic mass is 9.79. The molecular formula is C33H31FN4O3. The number of para-hydroxylation sites is 1. The number of amides is 1. The first-order valence-corrected chi connectivity index (χ1v) is 14.0. The van der Waals surface area contributed by atoms with Crippen LogP contribution in [0.4, 0.5) is 4.39 Å². The highest BCUT2D eigenvalue weighted by Crippen LogP contribution is 2.32. The Labute approximate surface area is 237 Å². The molecule has 2 heterocycles. The van der Waals surface area contributed by atoms with Crippen LogP contribution in [-0.2, 0) is 11.3 Å². The quantitative estimate of drug-likeness (QED) is 0.243. The molecule has 2 aromatic heterocycles. The molecule has 0 radical (unpaired) electrons. The van der Waals surface area contributed by atoms with Gasteiger partial charge in [-0.1, -0.05) is 36.4 Å². The summed E-state index contributed by atoms with van der Waals surface area (Å²) in [6.07, 6.45) is 4.51. The van der Waals surface area contributed by atoms with E-state index in [1.807, 2.05) is 55.5 Å². The van der Waals surface area contributed by atoms with Crippen molar-refractivity contribution in [1.29, 1.82) is 0 Å². The second-order valence-corrected chi connectivity index (χ2v) is 11.0. The molecule has 1 aliphatic rings. The molecule has 0 aliphatic heterocycles. The Balaban J connectivity index is 1.34. The van der Waals surface area contributed by atoms with Gasteiger partial charge in [-0.25, -0.2) is 4.39 Å². The molecule has 1 aliphatic carbocycles. The number of carboxylic acid groups (broad SMARTS) is 1. The van der Waals surface area contributed by atoms with Crippen molar-refractivity contribution in [3.63, 3.8) is 0 Å². The number of rotatable bonds is 7.